The summed E-state index contributed by atoms with van der Waals surface area (Å²) >= 11 is 0. The average Bonchev–Trinajstić information content (AvgIpc) is 2.33. The van der Waals surface area contributed by atoms with Gasteiger partial charge in [-0.25, -0.2) is 4.79 Å². The number of cyclic esters (lactones) is 1. The van der Waals surface area contributed by atoms with Crippen LogP contribution in [0.3, 0.4) is 0 Å². The zero-order chi connectivity index (χ0) is 14.0. The van der Waals surface area contributed by atoms with Crippen molar-refractivity contribution in [1.29, 1.82) is 0 Å². The van der Waals surface area contributed by atoms with E-state index < -0.39 is 11.7 Å². The highest BCUT2D eigenvalue weighted by atomic mass is 16.5. The minimum atomic E-state index is -0.600. The number of aromatic hydroxyl groups is 2. The summed E-state index contributed by atoms with van der Waals surface area (Å²) in [4.78, 5) is 11.8. The summed E-state index contributed by atoms with van der Waals surface area (Å²) in [6, 6.07) is 3.01. The number of phenolic OH excluding ortho intramolecular Hbond substituents is 2. The number of ether oxygens (including phenoxy) is 1. The third-order valence-electron chi connectivity index (χ3n) is 3.32. The van der Waals surface area contributed by atoms with E-state index in [0.717, 1.165) is 6.42 Å². The van der Waals surface area contributed by atoms with E-state index in [9.17, 15) is 20.1 Å². The molecule has 0 aliphatic carbocycles. The van der Waals surface area contributed by atoms with Crippen LogP contribution in [0.15, 0.2) is 12.1 Å². The van der Waals surface area contributed by atoms with Gasteiger partial charge in [-0.15, -0.1) is 0 Å². The fourth-order valence-electron chi connectivity index (χ4n) is 2.32. The molecule has 3 N–H and O–H groups in total. The van der Waals surface area contributed by atoms with Gasteiger partial charge in [-0.1, -0.05) is 6.07 Å². The SMILES string of the molecule is CC(O)CCCC1Cc2ccc(O)c(O)c2C(=O)O1. The highest BCUT2D eigenvalue weighted by molar-refractivity contribution is 5.96. The number of esters is 1. The molecule has 2 rings (SSSR count). The predicted octanol–water partition coefficient (Wildman–Crippen LogP) is 1.73. The number of aliphatic hydroxyl groups excluding tert-OH is 1. The van der Waals surface area contributed by atoms with E-state index in [4.69, 9.17) is 4.74 Å². The molecular weight excluding hydrogens is 248 g/mol. The zero-order valence-electron chi connectivity index (χ0n) is 10.8. The molecule has 0 aromatic heterocycles. The van der Waals surface area contributed by atoms with E-state index in [2.05, 4.69) is 0 Å². The molecule has 0 radical (unpaired) electrons. The molecule has 1 aliphatic heterocycles. The standard InChI is InChI=1S/C14H18O5/c1-8(15)3-2-4-10-7-9-5-6-11(16)13(17)12(9)14(18)19-10/h5-6,8,10,15-17H,2-4,7H2,1H3. The number of fused-ring (bicyclic) bond motifs is 1. The maximum atomic E-state index is 11.8. The van der Waals surface area contributed by atoms with Gasteiger partial charge >= 0.3 is 5.97 Å². The summed E-state index contributed by atoms with van der Waals surface area (Å²) in [5, 5.41) is 28.2. The van der Waals surface area contributed by atoms with Crippen LogP contribution in [0.5, 0.6) is 11.5 Å². The van der Waals surface area contributed by atoms with Gasteiger partial charge in [0.25, 0.3) is 0 Å². The van der Waals surface area contributed by atoms with Crippen LogP contribution in [0.25, 0.3) is 0 Å². The van der Waals surface area contributed by atoms with Gasteiger partial charge < -0.3 is 20.1 Å². The summed E-state index contributed by atoms with van der Waals surface area (Å²) in [5.74, 6) is -1.33. The molecule has 0 fully saturated rings. The van der Waals surface area contributed by atoms with Gasteiger partial charge in [0.2, 0.25) is 0 Å². The first-order valence-electron chi connectivity index (χ1n) is 6.42. The van der Waals surface area contributed by atoms with Crippen molar-refractivity contribution >= 4 is 5.97 Å². The van der Waals surface area contributed by atoms with Crippen molar-refractivity contribution in [2.75, 3.05) is 0 Å². The molecule has 0 spiro atoms. The molecule has 0 bridgehead atoms. The summed E-state index contributed by atoms with van der Waals surface area (Å²) in [7, 11) is 0. The van der Waals surface area contributed by atoms with Crippen molar-refractivity contribution in [1.82, 2.24) is 0 Å². The van der Waals surface area contributed by atoms with Gasteiger partial charge in [0, 0.05) is 6.42 Å². The molecule has 1 heterocycles. The van der Waals surface area contributed by atoms with Crippen LogP contribution in [0, 0.1) is 0 Å². The fraction of sp³-hybridized carbons (Fsp3) is 0.500. The van der Waals surface area contributed by atoms with E-state index in [1.54, 1.807) is 13.0 Å². The van der Waals surface area contributed by atoms with Crippen LogP contribution in [0.1, 0.15) is 42.1 Å². The van der Waals surface area contributed by atoms with Crippen molar-refractivity contribution in [2.24, 2.45) is 0 Å². The highest BCUT2D eigenvalue weighted by Gasteiger charge is 2.30. The molecule has 2 unspecified atom stereocenters. The highest BCUT2D eigenvalue weighted by Crippen LogP contribution is 2.35. The molecule has 0 amide bonds. The van der Waals surface area contributed by atoms with Gasteiger partial charge in [-0.2, -0.15) is 0 Å². The van der Waals surface area contributed by atoms with Crippen LogP contribution >= 0.6 is 0 Å². The molecule has 1 aromatic rings. The first kappa shape index (κ1) is 13.7. The lowest BCUT2D eigenvalue weighted by Crippen LogP contribution is -2.27. The Morgan fingerprint density at radius 3 is 2.84 bits per heavy atom. The van der Waals surface area contributed by atoms with Crippen LogP contribution in [0.2, 0.25) is 0 Å². The van der Waals surface area contributed by atoms with Gasteiger partial charge in [-0.05, 0) is 37.8 Å². The lowest BCUT2D eigenvalue weighted by atomic mass is 9.94. The Hall–Kier alpha value is -1.75. The van der Waals surface area contributed by atoms with Crippen molar-refractivity contribution in [3.8, 4) is 11.5 Å². The number of carbonyl (C=O) groups excluding carboxylic acids is 1. The van der Waals surface area contributed by atoms with Crippen molar-refractivity contribution in [3.05, 3.63) is 23.3 Å². The lowest BCUT2D eigenvalue weighted by molar-refractivity contribution is 0.0220. The molecular formula is C14H18O5. The van der Waals surface area contributed by atoms with E-state index in [-0.39, 0.29) is 23.5 Å². The number of aliphatic hydroxyl groups is 1. The predicted molar refractivity (Wildman–Crippen MR) is 68.2 cm³/mol. The molecule has 1 aliphatic rings. The van der Waals surface area contributed by atoms with E-state index in [1.165, 1.54) is 6.07 Å². The quantitative estimate of drug-likeness (QED) is 0.570. The Bertz CT molecular complexity index is 481. The van der Waals surface area contributed by atoms with Gasteiger partial charge in [-0.3, -0.25) is 0 Å². The Balaban J connectivity index is 2.08. The average molecular weight is 266 g/mol. The number of rotatable bonds is 4. The molecule has 5 nitrogen and oxygen atoms in total. The normalized spacial score (nSPS) is 19.7. The third kappa shape index (κ3) is 2.98. The second-order valence-electron chi connectivity index (χ2n) is 4.98. The topological polar surface area (TPSA) is 87.0 Å². The van der Waals surface area contributed by atoms with Gasteiger partial charge in [0.05, 0.1) is 6.10 Å². The third-order valence-corrected chi connectivity index (χ3v) is 3.32. The summed E-state index contributed by atoms with van der Waals surface area (Å²) in [6.45, 7) is 1.73. The minimum Gasteiger partial charge on any atom is -0.504 e. The van der Waals surface area contributed by atoms with E-state index in [1.807, 2.05) is 0 Å². The number of hydrogen-bond donors (Lipinski definition) is 3. The molecule has 2 atom stereocenters. The number of carbonyl (C=O) groups is 1. The molecule has 1 aromatic carbocycles. The Morgan fingerprint density at radius 1 is 1.42 bits per heavy atom. The molecule has 104 valence electrons. The number of benzene rings is 1. The van der Waals surface area contributed by atoms with Crippen LogP contribution in [0.4, 0.5) is 0 Å². The Labute approximate surface area is 111 Å². The van der Waals surface area contributed by atoms with Gasteiger partial charge in [0.15, 0.2) is 11.5 Å². The largest absolute Gasteiger partial charge is 0.504 e. The second kappa shape index (κ2) is 5.48. The van der Waals surface area contributed by atoms with E-state index in [0.29, 0.717) is 24.8 Å². The zero-order valence-corrected chi connectivity index (χ0v) is 10.8. The van der Waals surface area contributed by atoms with Crippen LogP contribution < -0.4 is 0 Å². The van der Waals surface area contributed by atoms with Gasteiger partial charge in [0.1, 0.15) is 11.7 Å². The van der Waals surface area contributed by atoms with Crippen LogP contribution in [-0.4, -0.2) is 33.5 Å². The molecule has 5 heteroatoms. The maximum absolute atomic E-state index is 11.8. The molecule has 0 saturated heterocycles. The van der Waals surface area contributed by atoms with E-state index >= 15 is 0 Å². The van der Waals surface area contributed by atoms with Crippen molar-refractivity contribution in [2.45, 2.75) is 44.8 Å². The maximum Gasteiger partial charge on any atom is 0.342 e. The molecule has 19 heavy (non-hydrogen) atoms. The van der Waals surface area contributed by atoms with Crippen molar-refractivity contribution < 1.29 is 24.9 Å². The fourth-order valence-corrected chi connectivity index (χ4v) is 2.32. The minimum absolute atomic E-state index is 0.0618. The summed E-state index contributed by atoms with van der Waals surface area (Å²) in [5.41, 5.74) is 0.750. The lowest BCUT2D eigenvalue weighted by Gasteiger charge is -2.25. The number of hydrogen-bond acceptors (Lipinski definition) is 5. The monoisotopic (exact) mass is 266 g/mol. The van der Waals surface area contributed by atoms with Crippen LogP contribution in [-0.2, 0) is 11.2 Å². The van der Waals surface area contributed by atoms with Crippen molar-refractivity contribution in [3.63, 3.8) is 0 Å². The second-order valence-corrected chi connectivity index (χ2v) is 4.98. The summed E-state index contributed by atoms with van der Waals surface area (Å²) in [6.07, 6.45) is 2.05. The Morgan fingerprint density at radius 2 is 2.16 bits per heavy atom. The first-order chi connectivity index (χ1) is 8.99. The smallest absolute Gasteiger partial charge is 0.342 e. The molecule has 0 saturated carbocycles. The summed E-state index contributed by atoms with van der Waals surface area (Å²) < 4.78 is 5.24. The Kier molecular flexibility index (Phi) is 3.95. The first-order valence-corrected chi connectivity index (χ1v) is 6.42. The number of phenols is 2.